The van der Waals surface area contributed by atoms with Gasteiger partial charge in [0.05, 0.1) is 11.3 Å². The molecule has 3 aromatic heterocycles. The second-order valence-corrected chi connectivity index (χ2v) is 11.8. The van der Waals surface area contributed by atoms with Crippen molar-refractivity contribution in [1.82, 2.24) is 30.2 Å². The third kappa shape index (κ3) is 7.89. The molecule has 1 aliphatic heterocycles. The molecule has 1 aromatic carbocycles. The van der Waals surface area contributed by atoms with Crippen molar-refractivity contribution < 1.29 is 9.53 Å². The van der Waals surface area contributed by atoms with Crippen molar-refractivity contribution in [2.75, 3.05) is 24.5 Å². The van der Waals surface area contributed by atoms with E-state index < -0.39 is 0 Å². The van der Waals surface area contributed by atoms with E-state index >= 15 is 0 Å². The summed E-state index contributed by atoms with van der Waals surface area (Å²) in [6, 6.07) is 14.8. The lowest BCUT2D eigenvalue weighted by molar-refractivity contribution is 0.0943. The molecule has 1 saturated heterocycles. The summed E-state index contributed by atoms with van der Waals surface area (Å²) >= 11 is 6.04. The van der Waals surface area contributed by atoms with Gasteiger partial charge < -0.3 is 19.9 Å². The number of benzene rings is 1. The lowest BCUT2D eigenvalue weighted by Crippen LogP contribution is -2.48. The Morgan fingerprint density at radius 1 is 1.07 bits per heavy atom. The second kappa shape index (κ2) is 14.6. The van der Waals surface area contributed by atoms with Crippen molar-refractivity contribution in [3.8, 4) is 11.8 Å². The minimum Gasteiger partial charge on any atom is -0.424 e. The van der Waals surface area contributed by atoms with Gasteiger partial charge >= 0.3 is 6.01 Å². The number of piperidine rings is 1. The van der Waals surface area contributed by atoms with Crippen molar-refractivity contribution in [2.45, 2.75) is 65.6 Å². The lowest BCUT2D eigenvalue weighted by atomic mass is 9.99. The van der Waals surface area contributed by atoms with Crippen LogP contribution < -0.4 is 15.0 Å². The van der Waals surface area contributed by atoms with Crippen LogP contribution in [-0.4, -0.2) is 62.5 Å². The molecular formula is C34H40ClN7O2. The normalized spacial score (nSPS) is 14.7. The Balaban J connectivity index is 1.19. The molecule has 1 aliphatic rings. The fourth-order valence-electron chi connectivity index (χ4n) is 5.86. The van der Waals surface area contributed by atoms with Gasteiger partial charge in [-0.3, -0.25) is 9.78 Å². The molecule has 1 N–H and O–H groups in total. The number of aromatic nitrogens is 4. The average molecular weight is 614 g/mol. The smallest absolute Gasteiger partial charge is 0.321 e. The molecule has 230 valence electrons. The fraction of sp³-hybridized carbons (Fsp3) is 0.382. The summed E-state index contributed by atoms with van der Waals surface area (Å²) < 4.78 is 5.83. The Bertz CT molecular complexity index is 1520. The van der Waals surface area contributed by atoms with E-state index in [1.807, 2.05) is 38.4 Å². The molecule has 10 heteroatoms. The van der Waals surface area contributed by atoms with E-state index in [0.29, 0.717) is 46.8 Å². The summed E-state index contributed by atoms with van der Waals surface area (Å²) in [6.07, 6.45) is 10.1. The molecule has 0 bridgehead atoms. The van der Waals surface area contributed by atoms with Crippen LogP contribution in [0, 0.1) is 20.8 Å². The van der Waals surface area contributed by atoms with Crippen LogP contribution in [-0.2, 0) is 6.54 Å². The molecule has 1 amide bonds. The highest BCUT2D eigenvalue weighted by molar-refractivity contribution is 6.29. The number of amides is 1. The Morgan fingerprint density at radius 3 is 2.48 bits per heavy atom. The topological polar surface area (TPSA) is 96.4 Å². The first-order valence-electron chi connectivity index (χ1n) is 15.2. The molecule has 9 nitrogen and oxygen atoms in total. The van der Waals surface area contributed by atoms with E-state index in [0.717, 1.165) is 50.1 Å². The molecule has 0 aliphatic carbocycles. The lowest BCUT2D eigenvalue weighted by Gasteiger charge is -2.42. The van der Waals surface area contributed by atoms with Gasteiger partial charge in [-0.15, -0.1) is 0 Å². The molecule has 0 spiro atoms. The number of anilines is 1. The third-order valence-electron chi connectivity index (χ3n) is 8.41. The molecule has 0 unspecified atom stereocenters. The molecule has 44 heavy (non-hydrogen) atoms. The minimum absolute atomic E-state index is 0.0934. The highest BCUT2D eigenvalue weighted by atomic mass is 35.5. The fourth-order valence-corrected chi connectivity index (χ4v) is 6.15. The first kappa shape index (κ1) is 31.3. The molecule has 1 atom stereocenters. The number of pyridine rings is 2. The van der Waals surface area contributed by atoms with E-state index in [1.165, 1.54) is 11.1 Å². The number of carbonyl (C=O) groups is 1. The Kier molecular flexibility index (Phi) is 10.4. The number of nitrogens with one attached hydrogen (secondary N) is 1. The molecule has 4 heterocycles. The van der Waals surface area contributed by atoms with E-state index in [9.17, 15) is 4.79 Å². The van der Waals surface area contributed by atoms with Crippen LogP contribution in [0.1, 0.15) is 58.9 Å². The number of rotatable bonds is 11. The molecule has 4 aromatic rings. The first-order valence-corrected chi connectivity index (χ1v) is 15.5. The van der Waals surface area contributed by atoms with Crippen molar-refractivity contribution in [3.63, 3.8) is 0 Å². The summed E-state index contributed by atoms with van der Waals surface area (Å²) in [5, 5.41) is 3.50. The van der Waals surface area contributed by atoms with Gasteiger partial charge in [0.2, 0.25) is 0 Å². The summed E-state index contributed by atoms with van der Waals surface area (Å²) in [4.78, 5) is 34.9. The minimum atomic E-state index is -0.0934. The number of ether oxygens (including phenoxy) is 1. The van der Waals surface area contributed by atoms with Gasteiger partial charge in [-0.05, 0) is 106 Å². The molecule has 5 rings (SSSR count). The summed E-state index contributed by atoms with van der Waals surface area (Å²) in [6.45, 7) is 11.5. The Morgan fingerprint density at radius 2 is 1.80 bits per heavy atom. The maximum Gasteiger partial charge on any atom is 0.321 e. The van der Waals surface area contributed by atoms with Crippen molar-refractivity contribution in [1.29, 1.82) is 0 Å². The predicted molar refractivity (Wildman–Crippen MR) is 173 cm³/mol. The van der Waals surface area contributed by atoms with E-state index in [1.54, 1.807) is 24.5 Å². The monoisotopic (exact) mass is 613 g/mol. The van der Waals surface area contributed by atoms with E-state index in [2.05, 4.69) is 67.1 Å². The summed E-state index contributed by atoms with van der Waals surface area (Å²) in [5.74, 6) is 0.606. The van der Waals surface area contributed by atoms with E-state index in [-0.39, 0.29) is 5.91 Å². The van der Waals surface area contributed by atoms with Crippen LogP contribution in [0.15, 0.2) is 67.3 Å². The van der Waals surface area contributed by atoms with Crippen molar-refractivity contribution in [3.05, 3.63) is 100 Å². The number of hydrogen-bond acceptors (Lipinski definition) is 8. The van der Waals surface area contributed by atoms with Crippen LogP contribution >= 0.6 is 11.6 Å². The number of aryl methyl sites for hydroxylation is 3. The molecule has 0 radical (unpaired) electrons. The quantitative estimate of drug-likeness (QED) is 0.196. The number of hydrogen-bond donors (Lipinski definition) is 1. The van der Waals surface area contributed by atoms with Crippen molar-refractivity contribution in [2.24, 2.45) is 0 Å². The maximum atomic E-state index is 12.9. The SMILES string of the molecule is Cc1ccncc1CN(c1ccc(Oc2ncccn2)cc1)C1CCN([C@H](C)CCNC(=O)c2c(C)cc(Cl)nc2C)CC1. The highest BCUT2D eigenvalue weighted by Crippen LogP contribution is 2.30. The van der Waals surface area contributed by atoms with Crippen LogP contribution in [0.3, 0.4) is 0 Å². The Hall–Kier alpha value is -4.08. The maximum absolute atomic E-state index is 12.9. The third-order valence-corrected chi connectivity index (χ3v) is 8.61. The summed E-state index contributed by atoms with van der Waals surface area (Å²) in [7, 11) is 0. The second-order valence-electron chi connectivity index (χ2n) is 11.4. The number of halogens is 1. The zero-order chi connectivity index (χ0) is 31.1. The van der Waals surface area contributed by atoms with Gasteiger partial charge in [0.25, 0.3) is 5.91 Å². The number of likely N-dealkylation sites (tertiary alicyclic amines) is 1. The molecule has 1 fully saturated rings. The molecular weight excluding hydrogens is 574 g/mol. The zero-order valence-corrected chi connectivity index (χ0v) is 26.6. The zero-order valence-electron chi connectivity index (χ0n) is 25.8. The van der Waals surface area contributed by atoms with Gasteiger partial charge in [-0.2, -0.15) is 0 Å². The Labute approximate surface area is 264 Å². The first-order chi connectivity index (χ1) is 21.3. The van der Waals surface area contributed by atoms with Crippen LogP contribution in [0.4, 0.5) is 5.69 Å². The van der Waals surface area contributed by atoms with Gasteiger partial charge in [-0.25, -0.2) is 15.0 Å². The van der Waals surface area contributed by atoms with Gasteiger partial charge in [0, 0.05) is 68.7 Å². The van der Waals surface area contributed by atoms with E-state index in [4.69, 9.17) is 16.3 Å². The summed E-state index contributed by atoms with van der Waals surface area (Å²) in [5.41, 5.74) is 5.71. The standard InChI is InChI=1S/C34H40ClN7O2/c1-23-10-16-36-21-27(23)22-42(28-6-8-30(9-7-28)44-34-38-14-5-15-39-34)29-12-18-41(19-13-29)25(3)11-17-37-33(43)32-24(2)20-31(35)40-26(32)4/h5-10,14-16,20-21,25,29H,11-13,17-19,22H2,1-4H3,(H,37,43)/t25-/m1/s1. The molecule has 0 saturated carbocycles. The van der Waals surface area contributed by atoms with Gasteiger partial charge in [0.15, 0.2) is 0 Å². The largest absolute Gasteiger partial charge is 0.424 e. The number of carbonyl (C=O) groups excluding carboxylic acids is 1. The van der Waals surface area contributed by atoms with Crippen LogP contribution in [0.25, 0.3) is 0 Å². The van der Waals surface area contributed by atoms with Crippen LogP contribution in [0.2, 0.25) is 5.15 Å². The average Bonchev–Trinajstić information content (AvgIpc) is 3.01. The van der Waals surface area contributed by atoms with Gasteiger partial charge in [-0.1, -0.05) is 11.6 Å². The highest BCUT2D eigenvalue weighted by Gasteiger charge is 2.28. The predicted octanol–water partition coefficient (Wildman–Crippen LogP) is 6.32. The van der Waals surface area contributed by atoms with Gasteiger partial charge in [0.1, 0.15) is 10.9 Å². The number of nitrogens with zero attached hydrogens (tertiary/aromatic N) is 6. The van der Waals surface area contributed by atoms with Crippen LogP contribution in [0.5, 0.6) is 11.8 Å². The van der Waals surface area contributed by atoms with Crippen molar-refractivity contribution >= 4 is 23.2 Å².